The molecule has 0 saturated heterocycles. The Morgan fingerprint density at radius 3 is 2.62 bits per heavy atom. The molecule has 21 heavy (non-hydrogen) atoms. The van der Waals surface area contributed by atoms with Crippen LogP contribution in [0.3, 0.4) is 0 Å². The molecule has 112 valence electrons. The van der Waals surface area contributed by atoms with E-state index in [1.165, 1.54) is 18.4 Å². The van der Waals surface area contributed by atoms with E-state index in [1.54, 1.807) is 0 Å². The molecule has 2 aromatic rings. The van der Waals surface area contributed by atoms with Crippen LogP contribution in [0.4, 0.5) is 0 Å². The molecule has 1 heterocycles. The lowest BCUT2D eigenvalue weighted by Crippen LogP contribution is -2.15. The second kappa shape index (κ2) is 6.39. The van der Waals surface area contributed by atoms with Gasteiger partial charge in [0, 0.05) is 5.92 Å². The standard InChI is InChI=1S/C17H23N3O/c1-12-7-9-14(10-8-12)16-19-17(21-20-16)15(18)11-13-5-3-2-4-6-13/h2-6,12,14-15H,7-11,18H2,1H3/t12?,14?,15-/m1/s1. The molecule has 0 bridgehead atoms. The third kappa shape index (κ3) is 3.50. The van der Waals surface area contributed by atoms with Crippen LogP contribution in [-0.4, -0.2) is 10.1 Å². The van der Waals surface area contributed by atoms with E-state index in [0.717, 1.165) is 31.0 Å². The van der Waals surface area contributed by atoms with Crippen LogP contribution < -0.4 is 5.73 Å². The normalized spacial score (nSPS) is 23.9. The zero-order chi connectivity index (χ0) is 14.7. The largest absolute Gasteiger partial charge is 0.338 e. The lowest BCUT2D eigenvalue weighted by atomic mass is 9.83. The third-order valence-electron chi connectivity index (χ3n) is 4.45. The number of aromatic nitrogens is 2. The Bertz CT molecular complexity index is 558. The summed E-state index contributed by atoms with van der Waals surface area (Å²) >= 11 is 0. The van der Waals surface area contributed by atoms with Gasteiger partial charge in [0.25, 0.3) is 0 Å². The number of nitrogens with two attached hydrogens (primary N) is 1. The summed E-state index contributed by atoms with van der Waals surface area (Å²) < 4.78 is 5.39. The van der Waals surface area contributed by atoms with E-state index in [4.69, 9.17) is 10.3 Å². The van der Waals surface area contributed by atoms with Crippen molar-refractivity contribution in [2.75, 3.05) is 0 Å². The van der Waals surface area contributed by atoms with Crippen molar-refractivity contribution in [3.05, 3.63) is 47.6 Å². The number of benzene rings is 1. The van der Waals surface area contributed by atoms with Crippen molar-refractivity contribution in [1.82, 2.24) is 10.1 Å². The lowest BCUT2D eigenvalue weighted by molar-refractivity contribution is 0.319. The highest BCUT2D eigenvalue weighted by molar-refractivity contribution is 5.16. The summed E-state index contributed by atoms with van der Waals surface area (Å²) in [7, 11) is 0. The number of hydrogen-bond donors (Lipinski definition) is 1. The fraction of sp³-hybridized carbons (Fsp3) is 0.529. The maximum absolute atomic E-state index is 6.20. The second-order valence-electron chi connectivity index (χ2n) is 6.24. The zero-order valence-electron chi connectivity index (χ0n) is 12.5. The fourth-order valence-corrected chi connectivity index (χ4v) is 3.04. The van der Waals surface area contributed by atoms with Gasteiger partial charge in [0.2, 0.25) is 5.89 Å². The molecule has 1 saturated carbocycles. The van der Waals surface area contributed by atoms with Crippen LogP contribution in [0, 0.1) is 5.92 Å². The molecule has 4 heteroatoms. The maximum Gasteiger partial charge on any atom is 0.243 e. The van der Waals surface area contributed by atoms with Crippen LogP contribution in [0.25, 0.3) is 0 Å². The SMILES string of the molecule is CC1CCC(c2noc([C@H](N)Cc3ccccc3)n2)CC1. The van der Waals surface area contributed by atoms with Crippen molar-refractivity contribution in [2.24, 2.45) is 11.7 Å². The van der Waals surface area contributed by atoms with E-state index in [1.807, 2.05) is 18.2 Å². The molecule has 0 spiro atoms. The molecule has 0 amide bonds. The van der Waals surface area contributed by atoms with Crippen molar-refractivity contribution < 1.29 is 4.52 Å². The molecule has 0 aliphatic heterocycles. The highest BCUT2D eigenvalue weighted by Crippen LogP contribution is 2.34. The quantitative estimate of drug-likeness (QED) is 0.932. The van der Waals surface area contributed by atoms with Gasteiger partial charge in [0.15, 0.2) is 5.82 Å². The summed E-state index contributed by atoms with van der Waals surface area (Å²) in [5.41, 5.74) is 7.39. The van der Waals surface area contributed by atoms with Gasteiger partial charge < -0.3 is 10.3 Å². The molecule has 2 N–H and O–H groups in total. The first kappa shape index (κ1) is 14.3. The third-order valence-corrected chi connectivity index (χ3v) is 4.45. The highest BCUT2D eigenvalue weighted by atomic mass is 16.5. The molecule has 0 unspecified atom stereocenters. The van der Waals surface area contributed by atoms with Gasteiger partial charge in [0.05, 0.1) is 6.04 Å². The number of nitrogens with zero attached hydrogens (tertiary/aromatic N) is 2. The molecule has 1 fully saturated rings. The van der Waals surface area contributed by atoms with E-state index >= 15 is 0 Å². The summed E-state index contributed by atoms with van der Waals surface area (Å²) in [4.78, 5) is 4.55. The average Bonchev–Trinajstić information content (AvgIpc) is 2.99. The van der Waals surface area contributed by atoms with E-state index in [2.05, 4.69) is 29.2 Å². The smallest absolute Gasteiger partial charge is 0.243 e. The minimum atomic E-state index is -0.226. The van der Waals surface area contributed by atoms with Crippen molar-refractivity contribution in [1.29, 1.82) is 0 Å². The van der Waals surface area contributed by atoms with Gasteiger partial charge in [-0.25, -0.2) is 0 Å². The molecular weight excluding hydrogens is 262 g/mol. The molecule has 1 aromatic carbocycles. The Morgan fingerprint density at radius 2 is 1.90 bits per heavy atom. The van der Waals surface area contributed by atoms with Crippen LogP contribution in [0.2, 0.25) is 0 Å². The Kier molecular flexibility index (Phi) is 4.34. The van der Waals surface area contributed by atoms with Crippen LogP contribution in [0.1, 0.15) is 61.8 Å². The van der Waals surface area contributed by atoms with Crippen LogP contribution in [0.5, 0.6) is 0 Å². The van der Waals surface area contributed by atoms with Crippen molar-refractivity contribution >= 4 is 0 Å². The average molecular weight is 285 g/mol. The van der Waals surface area contributed by atoms with Gasteiger partial charge in [-0.15, -0.1) is 0 Å². The van der Waals surface area contributed by atoms with E-state index in [9.17, 15) is 0 Å². The Labute approximate surface area is 125 Å². The van der Waals surface area contributed by atoms with Crippen molar-refractivity contribution in [3.63, 3.8) is 0 Å². The summed E-state index contributed by atoms with van der Waals surface area (Å²) in [6.45, 7) is 2.31. The van der Waals surface area contributed by atoms with Gasteiger partial charge in [-0.1, -0.05) is 55.3 Å². The molecule has 1 atom stereocenters. The zero-order valence-corrected chi connectivity index (χ0v) is 12.5. The fourth-order valence-electron chi connectivity index (χ4n) is 3.04. The van der Waals surface area contributed by atoms with Crippen LogP contribution in [-0.2, 0) is 6.42 Å². The number of hydrogen-bond acceptors (Lipinski definition) is 4. The molecule has 1 aliphatic rings. The predicted octanol–water partition coefficient (Wildman–Crippen LogP) is 3.61. The molecule has 0 radical (unpaired) electrons. The Hall–Kier alpha value is -1.68. The van der Waals surface area contributed by atoms with Gasteiger partial charge >= 0.3 is 0 Å². The summed E-state index contributed by atoms with van der Waals surface area (Å²) in [5.74, 6) is 2.68. The Balaban J connectivity index is 1.64. The van der Waals surface area contributed by atoms with Gasteiger partial charge in [-0.2, -0.15) is 4.98 Å². The summed E-state index contributed by atoms with van der Waals surface area (Å²) in [6, 6.07) is 9.95. The van der Waals surface area contributed by atoms with Crippen molar-refractivity contribution in [3.8, 4) is 0 Å². The minimum absolute atomic E-state index is 0.226. The highest BCUT2D eigenvalue weighted by Gasteiger charge is 2.25. The first-order chi connectivity index (χ1) is 10.2. The van der Waals surface area contributed by atoms with Crippen molar-refractivity contribution in [2.45, 2.75) is 51.0 Å². The lowest BCUT2D eigenvalue weighted by Gasteiger charge is -2.23. The molecule has 3 rings (SSSR count). The van der Waals surface area contributed by atoms with Gasteiger partial charge in [0.1, 0.15) is 0 Å². The van der Waals surface area contributed by atoms with Gasteiger partial charge in [-0.05, 0) is 30.7 Å². The first-order valence-electron chi connectivity index (χ1n) is 7.85. The summed E-state index contributed by atoms with van der Waals surface area (Å²) in [6.07, 6.45) is 5.56. The maximum atomic E-state index is 6.20. The number of rotatable bonds is 4. The molecule has 1 aliphatic carbocycles. The van der Waals surface area contributed by atoms with Crippen LogP contribution in [0.15, 0.2) is 34.9 Å². The molecule has 1 aromatic heterocycles. The minimum Gasteiger partial charge on any atom is -0.338 e. The Morgan fingerprint density at radius 1 is 1.19 bits per heavy atom. The van der Waals surface area contributed by atoms with Crippen LogP contribution >= 0.6 is 0 Å². The van der Waals surface area contributed by atoms with E-state index < -0.39 is 0 Å². The first-order valence-corrected chi connectivity index (χ1v) is 7.85. The predicted molar refractivity (Wildman–Crippen MR) is 81.7 cm³/mol. The summed E-state index contributed by atoms with van der Waals surface area (Å²) in [5, 5.41) is 4.16. The molecular formula is C17H23N3O. The van der Waals surface area contributed by atoms with E-state index in [-0.39, 0.29) is 6.04 Å². The van der Waals surface area contributed by atoms with Gasteiger partial charge in [-0.3, -0.25) is 0 Å². The van der Waals surface area contributed by atoms with E-state index in [0.29, 0.717) is 11.8 Å². The second-order valence-corrected chi connectivity index (χ2v) is 6.24. The monoisotopic (exact) mass is 285 g/mol. The topological polar surface area (TPSA) is 64.9 Å². The molecule has 4 nitrogen and oxygen atoms in total.